The van der Waals surface area contributed by atoms with Crippen LogP contribution in [0.25, 0.3) is 0 Å². The minimum Gasteiger partial charge on any atom is -0.394 e. The molecule has 0 aliphatic carbocycles. The van der Waals surface area contributed by atoms with Crippen molar-refractivity contribution in [2.75, 3.05) is 26.9 Å². The van der Waals surface area contributed by atoms with Crippen LogP contribution < -0.4 is 4.72 Å². The Morgan fingerprint density at radius 3 is 2.89 bits per heavy atom. The predicted octanol–water partition coefficient (Wildman–Crippen LogP) is -0.0296. The monoisotopic (exact) mass is 291 g/mol. The molecule has 110 valence electrons. The van der Waals surface area contributed by atoms with E-state index in [2.05, 4.69) is 9.82 Å². The summed E-state index contributed by atoms with van der Waals surface area (Å²) in [7, 11) is -1.85. The lowest BCUT2D eigenvalue weighted by molar-refractivity contribution is 0.192. The van der Waals surface area contributed by atoms with E-state index < -0.39 is 10.0 Å². The van der Waals surface area contributed by atoms with Gasteiger partial charge in [-0.05, 0) is 19.3 Å². The first-order valence-electron chi connectivity index (χ1n) is 6.22. The smallest absolute Gasteiger partial charge is 0.243 e. The van der Waals surface area contributed by atoms with Gasteiger partial charge in [-0.1, -0.05) is 0 Å². The summed E-state index contributed by atoms with van der Waals surface area (Å²) in [6.07, 6.45) is 5.30. The zero-order chi connectivity index (χ0) is 14.1. The first-order chi connectivity index (χ1) is 9.10. The maximum Gasteiger partial charge on any atom is 0.243 e. The van der Waals surface area contributed by atoms with Gasteiger partial charge >= 0.3 is 0 Å². The highest BCUT2D eigenvalue weighted by Crippen LogP contribution is 2.07. The number of sulfonamides is 1. The zero-order valence-corrected chi connectivity index (χ0v) is 11.9. The van der Waals surface area contributed by atoms with Crippen molar-refractivity contribution in [3.63, 3.8) is 0 Å². The van der Waals surface area contributed by atoms with Crippen molar-refractivity contribution < 1.29 is 18.3 Å². The number of nitrogens with zero attached hydrogens (tertiary/aromatic N) is 2. The van der Waals surface area contributed by atoms with Gasteiger partial charge in [0, 0.05) is 26.5 Å². The summed E-state index contributed by atoms with van der Waals surface area (Å²) in [6.45, 7) is 1.30. The van der Waals surface area contributed by atoms with Crippen molar-refractivity contribution in [3.05, 3.63) is 12.4 Å². The first-order valence-corrected chi connectivity index (χ1v) is 7.70. The highest BCUT2D eigenvalue weighted by atomic mass is 32.2. The highest BCUT2D eigenvalue weighted by Gasteiger charge is 2.15. The van der Waals surface area contributed by atoms with Crippen molar-refractivity contribution in [3.8, 4) is 0 Å². The van der Waals surface area contributed by atoms with Crippen LogP contribution in [0.1, 0.15) is 19.3 Å². The maximum absolute atomic E-state index is 11.9. The molecule has 0 atom stereocenters. The van der Waals surface area contributed by atoms with Gasteiger partial charge in [-0.25, -0.2) is 13.1 Å². The summed E-state index contributed by atoms with van der Waals surface area (Å²) < 4.78 is 32.6. The van der Waals surface area contributed by atoms with Gasteiger partial charge in [-0.15, -0.1) is 0 Å². The molecule has 1 aromatic rings. The van der Waals surface area contributed by atoms with Gasteiger partial charge in [0.2, 0.25) is 10.0 Å². The summed E-state index contributed by atoms with van der Waals surface area (Å²) in [4.78, 5) is 0.123. The van der Waals surface area contributed by atoms with E-state index >= 15 is 0 Å². The van der Waals surface area contributed by atoms with Crippen molar-refractivity contribution in [1.82, 2.24) is 14.5 Å². The van der Waals surface area contributed by atoms with Crippen LogP contribution in [-0.2, 0) is 21.3 Å². The lowest BCUT2D eigenvalue weighted by Crippen LogP contribution is -2.24. The number of hydrogen-bond donors (Lipinski definition) is 2. The lowest BCUT2D eigenvalue weighted by atomic mass is 10.2. The van der Waals surface area contributed by atoms with Crippen molar-refractivity contribution in [1.29, 1.82) is 0 Å². The molecule has 0 saturated carbocycles. The average molecular weight is 291 g/mol. The molecule has 1 heterocycles. The Hall–Kier alpha value is -0.960. The third-order valence-electron chi connectivity index (χ3n) is 2.57. The van der Waals surface area contributed by atoms with Crippen LogP contribution >= 0.6 is 0 Å². The molecular formula is C11H21N3O4S. The molecule has 0 radical (unpaired) electrons. The Balaban J connectivity index is 2.38. The summed E-state index contributed by atoms with van der Waals surface area (Å²) in [5.41, 5.74) is 0. The van der Waals surface area contributed by atoms with E-state index in [0.717, 1.165) is 19.3 Å². The minimum absolute atomic E-state index is 0.0753. The zero-order valence-electron chi connectivity index (χ0n) is 11.1. The number of methoxy groups -OCH3 is 1. The standard InChI is InChI=1S/C11H21N3O4S/c1-18-8-4-2-3-5-13-19(16,17)11-9-12-14(10-11)6-7-15/h9-10,13,15H,2-8H2,1H3. The van der Waals surface area contributed by atoms with Crippen LogP contribution in [0.2, 0.25) is 0 Å². The lowest BCUT2D eigenvalue weighted by Gasteiger charge is -2.04. The first kappa shape index (κ1) is 16.1. The SMILES string of the molecule is COCCCCCNS(=O)(=O)c1cnn(CCO)c1. The fourth-order valence-corrected chi connectivity index (χ4v) is 2.57. The number of hydrogen-bond acceptors (Lipinski definition) is 5. The van der Waals surface area contributed by atoms with Crippen molar-refractivity contribution >= 4 is 10.0 Å². The van der Waals surface area contributed by atoms with Gasteiger partial charge < -0.3 is 9.84 Å². The third kappa shape index (κ3) is 5.68. The molecule has 1 aromatic heterocycles. The van der Waals surface area contributed by atoms with Crippen LogP contribution in [-0.4, -0.2) is 50.2 Å². The fraction of sp³-hybridized carbons (Fsp3) is 0.727. The average Bonchev–Trinajstić information content (AvgIpc) is 2.83. The van der Waals surface area contributed by atoms with E-state index in [1.54, 1.807) is 7.11 Å². The Kier molecular flexibility index (Phi) is 7.00. The molecule has 19 heavy (non-hydrogen) atoms. The van der Waals surface area contributed by atoms with Crippen LogP contribution in [0.3, 0.4) is 0 Å². The van der Waals surface area contributed by atoms with E-state index in [1.807, 2.05) is 0 Å². The van der Waals surface area contributed by atoms with E-state index in [4.69, 9.17) is 9.84 Å². The molecule has 0 unspecified atom stereocenters. The Morgan fingerprint density at radius 2 is 2.21 bits per heavy atom. The van der Waals surface area contributed by atoms with Gasteiger partial charge in [0.15, 0.2) is 0 Å². The largest absolute Gasteiger partial charge is 0.394 e. The molecule has 7 nitrogen and oxygen atoms in total. The van der Waals surface area contributed by atoms with Crippen LogP contribution in [0.5, 0.6) is 0 Å². The van der Waals surface area contributed by atoms with Gasteiger partial charge in [-0.3, -0.25) is 4.68 Å². The molecule has 1 rings (SSSR count). The van der Waals surface area contributed by atoms with E-state index in [0.29, 0.717) is 13.2 Å². The van der Waals surface area contributed by atoms with Crippen molar-refractivity contribution in [2.45, 2.75) is 30.7 Å². The van der Waals surface area contributed by atoms with E-state index in [9.17, 15) is 8.42 Å². The summed E-state index contributed by atoms with van der Waals surface area (Å²) in [5, 5.41) is 12.6. The van der Waals surface area contributed by atoms with E-state index in [1.165, 1.54) is 17.1 Å². The van der Waals surface area contributed by atoms with E-state index in [-0.39, 0.29) is 18.0 Å². The molecule has 0 aromatic carbocycles. The molecule has 8 heteroatoms. The molecule has 0 aliphatic rings. The van der Waals surface area contributed by atoms with Crippen LogP contribution in [0, 0.1) is 0 Å². The number of ether oxygens (including phenoxy) is 1. The fourth-order valence-electron chi connectivity index (χ4n) is 1.55. The van der Waals surface area contributed by atoms with Gasteiger partial charge in [-0.2, -0.15) is 5.10 Å². The van der Waals surface area contributed by atoms with Gasteiger partial charge in [0.25, 0.3) is 0 Å². The Bertz CT molecular complexity index is 458. The molecule has 2 N–H and O–H groups in total. The quantitative estimate of drug-likeness (QED) is 0.590. The third-order valence-corrected chi connectivity index (χ3v) is 3.98. The summed E-state index contributed by atoms with van der Waals surface area (Å²) >= 11 is 0. The number of nitrogens with one attached hydrogen (secondary N) is 1. The highest BCUT2D eigenvalue weighted by molar-refractivity contribution is 7.89. The van der Waals surface area contributed by atoms with Gasteiger partial charge in [0.05, 0.1) is 19.3 Å². The Morgan fingerprint density at radius 1 is 1.42 bits per heavy atom. The second-order valence-electron chi connectivity index (χ2n) is 4.11. The summed E-state index contributed by atoms with van der Waals surface area (Å²) in [5.74, 6) is 0. The second kappa shape index (κ2) is 8.26. The predicted molar refractivity (Wildman–Crippen MR) is 70.2 cm³/mol. The maximum atomic E-state index is 11.9. The van der Waals surface area contributed by atoms with Crippen LogP contribution in [0.4, 0.5) is 0 Å². The van der Waals surface area contributed by atoms with Crippen molar-refractivity contribution in [2.24, 2.45) is 0 Å². The molecule has 0 aliphatic heterocycles. The second-order valence-corrected chi connectivity index (χ2v) is 5.88. The molecule has 0 bridgehead atoms. The molecule has 0 spiro atoms. The number of aliphatic hydroxyl groups excluding tert-OH is 1. The molecule has 0 saturated heterocycles. The number of rotatable bonds is 10. The molecular weight excluding hydrogens is 270 g/mol. The Labute approximate surface area is 113 Å². The number of aliphatic hydroxyl groups is 1. The van der Waals surface area contributed by atoms with Crippen LogP contribution in [0.15, 0.2) is 17.3 Å². The topological polar surface area (TPSA) is 93.5 Å². The molecule has 0 fully saturated rings. The summed E-state index contributed by atoms with van der Waals surface area (Å²) in [6, 6.07) is 0. The normalized spacial score (nSPS) is 11.9. The molecule has 0 amide bonds. The van der Waals surface area contributed by atoms with Gasteiger partial charge in [0.1, 0.15) is 4.90 Å². The number of unbranched alkanes of at least 4 members (excludes halogenated alkanes) is 2. The number of aromatic nitrogens is 2. The minimum atomic E-state index is -3.50.